The fraction of sp³-hybridized carbons (Fsp3) is 0.471. The van der Waals surface area contributed by atoms with Crippen molar-refractivity contribution in [1.29, 1.82) is 0 Å². The molecule has 1 heterocycles. The third-order valence-electron chi connectivity index (χ3n) is 3.95. The molecule has 0 unspecified atom stereocenters. The van der Waals surface area contributed by atoms with Crippen molar-refractivity contribution >= 4 is 47.7 Å². The van der Waals surface area contributed by atoms with Crippen LogP contribution in [0, 0.1) is 12.8 Å². The second kappa shape index (κ2) is 11.0. The minimum absolute atomic E-state index is 0. The van der Waals surface area contributed by atoms with Gasteiger partial charge in [0.15, 0.2) is 0 Å². The smallest absolute Gasteiger partial charge is 0.239 e. The van der Waals surface area contributed by atoms with E-state index in [1.54, 1.807) is 0 Å². The Hall–Kier alpha value is -1.83. The van der Waals surface area contributed by atoms with Crippen molar-refractivity contribution in [2.75, 3.05) is 13.1 Å². The molecule has 0 fully saturated rings. The number of carbonyl (C=O) groups excluding carboxylic acids is 2. The molecule has 0 saturated carbocycles. The van der Waals surface area contributed by atoms with Gasteiger partial charge >= 0.3 is 0 Å². The van der Waals surface area contributed by atoms with E-state index in [-0.39, 0.29) is 49.1 Å². The maximum Gasteiger partial charge on any atom is 0.239 e. The van der Waals surface area contributed by atoms with Crippen molar-refractivity contribution in [3.05, 3.63) is 30.1 Å². The first-order valence-corrected chi connectivity index (χ1v) is 8.12. The summed E-state index contributed by atoms with van der Waals surface area (Å²) in [6.45, 7) is 6.69. The van der Waals surface area contributed by atoms with E-state index in [1.807, 2.05) is 45.0 Å². The van der Waals surface area contributed by atoms with Gasteiger partial charge in [-0.05, 0) is 25.0 Å². The Labute approximate surface area is 165 Å². The Balaban J connectivity index is 0.00000312. The number of para-hydroxylation sites is 2. The third kappa shape index (κ3) is 6.16. The van der Waals surface area contributed by atoms with E-state index in [0.717, 1.165) is 16.9 Å². The molecule has 2 rings (SSSR count). The van der Waals surface area contributed by atoms with Crippen LogP contribution in [0.3, 0.4) is 0 Å². The molecule has 0 aliphatic heterocycles. The molecule has 146 valence electrons. The quantitative estimate of drug-likeness (QED) is 0.649. The van der Waals surface area contributed by atoms with Crippen LogP contribution < -0.4 is 16.4 Å². The van der Waals surface area contributed by atoms with Crippen molar-refractivity contribution in [2.24, 2.45) is 11.7 Å². The van der Waals surface area contributed by atoms with Crippen LogP contribution in [-0.4, -0.2) is 40.5 Å². The molecule has 9 heteroatoms. The lowest BCUT2D eigenvalue weighted by Gasteiger charge is -2.15. The summed E-state index contributed by atoms with van der Waals surface area (Å²) in [7, 11) is 0. The third-order valence-corrected chi connectivity index (χ3v) is 3.95. The number of rotatable bonds is 7. The van der Waals surface area contributed by atoms with Crippen LogP contribution in [0.5, 0.6) is 0 Å². The van der Waals surface area contributed by atoms with Gasteiger partial charge in [0, 0.05) is 13.1 Å². The Morgan fingerprint density at radius 1 is 1.19 bits per heavy atom. The van der Waals surface area contributed by atoms with Gasteiger partial charge in [0.1, 0.15) is 5.82 Å². The molecule has 1 aromatic heterocycles. The monoisotopic (exact) mass is 403 g/mol. The number of nitrogens with two attached hydrogens (primary N) is 1. The first-order valence-electron chi connectivity index (χ1n) is 8.12. The lowest BCUT2D eigenvalue weighted by Crippen LogP contribution is -2.47. The lowest BCUT2D eigenvalue weighted by atomic mass is 10.1. The molecule has 7 nitrogen and oxygen atoms in total. The van der Waals surface area contributed by atoms with Gasteiger partial charge in [-0.3, -0.25) is 9.59 Å². The summed E-state index contributed by atoms with van der Waals surface area (Å²) >= 11 is 0. The number of nitrogens with one attached hydrogen (secondary N) is 2. The molecule has 2 aromatic rings. The molecule has 0 saturated heterocycles. The molecule has 26 heavy (non-hydrogen) atoms. The second-order valence-electron chi connectivity index (χ2n) is 6.14. The summed E-state index contributed by atoms with van der Waals surface area (Å²) in [5.74, 6) is 0.394. The molecule has 1 aromatic carbocycles. The number of aryl methyl sites for hydroxylation is 1. The maximum absolute atomic E-state index is 11.8. The largest absolute Gasteiger partial charge is 0.353 e. The number of halogens is 2. The molecule has 1 atom stereocenters. The van der Waals surface area contributed by atoms with Gasteiger partial charge in [-0.2, -0.15) is 0 Å². The average molecular weight is 404 g/mol. The normalized spacial score (nSPS) is 11.4. The minimum atomic E-state index is -0.599. The summed E-state index contributed by atoms with van der Waals surface area (Å²) in [5, 5.41) is 5.35. The highest BCUT2D eigenvalue weighted by molar-refractivity contribution is 5.87. The predicted molar refractivity (Wildman–Crippen MR) is 108 cm³/mol. The number of nitrogens with zero attached hydrogens (tertiary/aromatic N) is 2. The Morgan fingerprint density at radius 2 is 1.85 bits per heavy atom. The van der Waals surface area contributed by atoms with Crippen LogP contribution in [0.2, 0.25) is 0 Å². The summed E-state index contributed by atoms with van der Waals surface area (Å²) in [6, 6.07) is 7.28. The van der Waals surface area contributed by atoms with Crippen molar-refractivity contribution in [2.45, 2.75) is 33.4 Å². The number of benzene rings is 1. The van der Waals surface area contributed by atoms with Crippen LogP contribution >= 0.6 is 24.8 Å². The second-order valence-corrected chi connectivity index (χ2v) is 6.14. The predicted octanol–water partition coefficient (Wildman–Crippen LogP) is 1.40. The maximum atomic E-state index is 11.8. The molecule has 0 bridgehead atoms. The number of imidazole rings is 1. The molecule has 0 aliphatic carbocycles. The Bertz CT molecular complexity index is 733. The van der Waals surface area contributed by atoms with E-state index in [9.17, 15) is 9.59 Å². The highest BCUT2D eigenvalue weighted by atomic mass is 35.5. The molecular formula is C17H27Cl2N5O2. The zero-order chi connectivity index (χ0) is 17.7. The zero-order valence-corrected chi connectivity index (χ0v) is 16.8. The summed E-state index contributed by atoms with van der Waals surface area (Å²) in [6.07, 6.45) is 0. The fourth-order valence-electron chi connectivity index (χ4n) is 2.44. The lowest BCUT2D eigenvalue weighted by molar-refractivity contribution is -0.127. The van der Waals surface area contributed by atoms with E-state index in [4.69, 9.17) is 5.73 Å². The number of hydrogen-bond donors (Lipinski definition) is 3. The van der Waals surface area contributed by atoms with Gasteiger partial charge in [-0.15, -0.1) is 24.8 Å². The van der Waals surface area contributed by atoms with Gasteiger partial charge in [0.25, 0.3) is 0 Å². The molecule has 2 amide bonds. The van der Waals surface area contributed by atoms with Crippen LogP contribution in [0.1, 0.15) is 19.7 Å². The van der Waals surface area contributed by atoms with E-state index in [1.165, 1.54) is 0 Å². The van der Waals surface area contributed by atoms with Crippen molar-refractivity contribution in [3.63, 3.8) is 0 Å². The number of carbonyl (C=O) groups is 2. The average Bonchev–Trinajstić information content (AvgIpc) is 2.87. The van der Waals surface area contributed by atoms with E-state index < -0.39 is 6.04 Å². The van der Waals surface area contributed by atoms with Crippen molar-refractivity contribution in [1.82, 2.24) is 20.2 Å². The topological polar surface area (TPSA) is 102 Å². The van der Waals surface area contributed by atoms with Gasteiger partial charge in [0.2, 0.25) is 11.8 Å². The molecule has 0 aliphatic rings. The summed E-state index contributed by atoms with van der Waals surface area (Å²) < 4.78 is 2.06. The Morgan fingerprint density at radius 3 is 2.50 bits per heavy atom. The van der Waals surface area contributed by atoms with E-state index >= 15 is 0 Å². The summed E-state index contributed by atoms with van der Waals surface area (Å²) in [5.41, 5.74) is 7.71. The first-order chi connectivity index (χ1) is 11.4. The molecular weight excluding hydrogens is 377 g/mol. The van der Waals surface area contributed by atoms with E-state index in [0.29, 0.717) is 13.1 Å². The van der Waals surface area contributed by atoms with Crippen LogP contribution in [-0.2, 0) is 16.1 Å². The zero-order valence-electron chi connectivity index (χ0n) is 15.2. The van der Waals surface area contributed by atoms with Gasteiger partial charge in [-0.1, -0.05) is 26.0 Å². The van der Waals surface area contributed by atoms with Crippen molar-refractivity contribution < 1.29 is 9.59 Å². The minimum Gasteiger partial charge on any atom is -0.353 e. The van der Waals surface area contributed by atoms with Gasteiger partial charge in [-0.25, -0.2) is 4.98 Å². The summed E-state index contributed by atoms with van der Waals surface area (Å²) in [4.78, 5) is 28.0. The van der Waals surface area contributed by atoms with Crippen LogP contribution in [0.25, 0.3) is 11.0 Å². The molecule has 0 radical (unpaired) electrons. The number of hydrogen-bond acceptors (Lipinski definition) is 4. The van der Waals surface area contributed by atoms with Crippen LogP contribution in [0.4, 0.5) is 0 Å². The SMILES string of the molecule is Cc1nc2ccccc2n1CCNC(=O)CNC(=O)[C@@H](N)C(C)C.Cl.Cl. The first kappa shape index (κ1) is 24.2. The van der Waals surface area contributed by atoms with E-state index in [2.05, 4.69) is 20.2 Å². The number of amides is 2. The van der Waals surface area contributed by atoms with Crippen LogP contribution in [0.15, 0.2) is 24.3 Å². The fourth-order valence-corrected chi connectivity index (χ4v) is 2.44. The highest BCUT2D eigenvalue weighted by Crippen LogP contribution is 2.14. The molecule has 4 N–H and O–H groups in total. The highest BCUT2D eigenvalue weighted by Gasteiger charge is 2.17. The Kier molecular flexibility index (Phi) is 10.2. The van der Waals surface area contributed by atoms with Gasteiger partial charge in [0.05, 0.1) is 23.6 Å². The number of aromatic nitrogens is 2. The number of fused-ring (bicyclic) bond motifs is 1. The standard InChI is InChI=1S/C17H25N5O2.2ClH/c1-11(2)16(18)17(24)20-10-15(23)19-8-9-22-12(3)21-13-6-4-5-7-14(13)22;;/h4-7,11,16H,8-10,18H2,1-3H3,(H,19,23)(H,20,24);2*1H/t16-;;/m0../s1. The molecule has 0 spiro atoms. The van der Waals surface area contributed by atoms with Gasteiger partial charge < -0.3 is 20.9 Å². The van der Waals surface area contributed by atoms with Crippen molar-refractivity contribution in [3.8, 4) is 0 Å².